The molecule has 0 spiro atoms. The molecule has 28 heavy (non-hydrogen) atoms. The second-order valence-electron chi connectivity index (χ2n) is 5.84. The largest absolute Gasteiger partial charge is 0.355 e. The van der Waals surface area contributed by atoms with Crippen molar-refractivity contribution in [3.05, 3.63) is 57.6 Å². The number of carbonyl (C=O) groups excluding carboxylic acids is 1. The van der Waals surface area contributed by atoms with Gasteiger partial charge >= 0.3 is 0 Å². The van der Waals surface area contributed by atoms with Crippen molar-refractivity contribution in [1.82, 2.24) is 20.5 Å². The van der Waals surface area contributed by atoms with Crippen LogP contribution in [0.4, 0.5) is 4.39 Å². The molecule has 154 valence electrons. The first-order valence-electron chi connectivity index (χ1n) is 8.36. The highest BCUT2D eigenvalue weighted by Gasteiger charge is 2.09. The first-order valence-corrected chi connectivity index (χ1v) is 9.11. The standard InChI is InChI=1S/C18H22Cl2FN5O.HI/c1-22-18(25-11-14-10-15(19)17(20)26(14)2)24-7-6-23-16(27)9-12-4-3-5-13(21)8-12;/h3-5,8,10H,6-7,9,11H2,1-2H3,(H,23,27)(H2,22,24,25);1H. The summed E-state index contributed by atoms with van der Waals surface area (Å²) in [4.78, 5) is 16.0. The van der Waals surface area contributed by atoms with Crippen LogP contribution in [0.2, 0.25) is 10.2 Å². The molecule has 1 amide bonds. The molecule has 2 rings (SSSR count). The number of aliphatic imine (C=N–C) groups is 1. The number of rotatable bonds is 7. The predicted octanol–water partition coefficient (Wildman–Crippen LogP) is 3.11. The van der Waals surface area contributed by atoms with Crippen molar-refractivity contribution in [2.75, 3.05) is 20.1 Å². The van der Waals surface area contributed by atoms with Gasteiger partial charge in [0.2, 0.25) is 5.91 Å². The highest BCUT2D eigenvalue weighted by molar-refractivity contribution is 14.0. The number of nitrogens with zero attached hydrogens (tertiary/aromatic N) is 2. The molecule has 0 fully saturated rings. The van der Waals surface area contributed by atoms with Crippen molar-refractivity contribution in [2.24, 2.45) is 12.0 Å². The normalized spacial score (nSPS) is 11.0. The molecule has 0 aliphatic rings. The third-order valence-electron chi connectivity index (χ3n) is 3.87. The highest BCUT2D eigenvalue weighted by atomic mass is 127. The van der Waals surface area contributed by atoms with Gasteiger partial charge in [-0.25, -0.2) is 4.39 Å². The fourth-order valence-electron chi connectivity index (χ4n) is 2.43. The lowest BCUT2D eigenvalue weighted by atomic mass is 10.1. The maximum Gasteiger partial charge on any atom is 0.224 e. The van der Waals surface area contributed by atoms with E-state index in [-0.39, 0.29) is 42.1 Å². The van der Waals surface area contributed by atoms with Crippen LogP contribution in [0.15, 0.2) is 35.3 Å². The number of benzene rings is 1. The number of hydrogen-bond acceptors (Lipinski definition) is 2. The molecule has 0 saturated heterocycles. The Morgan fingerprint density at radius 3 is 2.50 bits per heavy atom. The zero-order valence-corrected chi connectivity index (χ0v) is 19.4. The van der Waals surface area contributed by atoms with E-state index in [1.165, 1.54) is 12.1 Å². The van der Waals surface area contributed by atoms with Crippen molar-refractivity contribution in [1.29, 1.82) is 0 Å². The van der Waals surface area contributed by atoms with E-state index in [0.29, 0.717) is 41.3 Å². The summed E-state index contributed by atoms with van der Waals surface area (Å²) in [6.07, 6.45) is 0.139. The number of halogens is 4. The summed E-state index contributed by atoms with van der Waals surface area (Å²) < 4.78 is 14.9. The molecular weight excluding hydrogens is 519 g/mol. The predicted molar refractivity (Wildman–Crippen MR) is 122 cm³/mol. The van der Waals surface area contributed by atoms with E-state index in [4.69, 9.17) is 23.2 Å². The van der Waals surface area contributed by atoms with Crippen LogP contribution in [-0.4, -0.2) is 36.6 Å². The number of carbonyl (C=O) groups is 1. The molecule has 0 unspecified atom stereocenters. The third kappa shape index (κ3) is 7.48. The molecule has 0 saturated carbocycles. The summed E-state index contributed by atoms with van der Waals surface area (Å²) >= 11 is 12.0. The lowest BCUT2D eigenvalue weighted by Gasteiger charge is -2.13. The van der Waals surface area contributed by atoms with Crippen LogP contribution in [0.25, 0.3) is 0 Å². The molecule has 0 aliphatic carbocycles. The van der Waals surface area contributed by atoms with Gasteiger partial charge in [0.15, 0.2) is 5.96 Å². The van der Waals surface area contributed by atoms with Gasteiger partial charge in [0.25, 0.3) is 0 Å². The molecule has 6 nitrogen and oxygen atoms in total. The molecule has 0 aliphatic heterocycles. The summed E-state index contributed by atoms with van der Waals surface area (Å²) in [5.41, 5.74) is 1.55. The number of nitrogens with one attached hydrogen (secondary N) is 3. The quantitative estimate of drug-likeness (QED) is 0.218. The van der Waals surface area contributed by atoms with Crippen molar-refractivity contribution in [3.63, 3.8) is 0 Å². The van der Waals surface area contributed by atoms with Gasteiger partial charge in [0.05, 0.1) is 18.0 Å². The molecule has 3 N–H and O–H groups in total. The van der Waals surface area contributed by atoms with Gasteiger partial charge in [-0.3, -0.25) is 9.79 Å². The Bertz CT molecular complexity index is 828. The van der Waals surface area contributed by atoms with Gasteiger partial charge in [0, 0.05) is 32.9 Å². The topological polar surface area (TPSA) is 70.4 Å². The van der Waals surface area contributed by atoms with E-state index in [2.05, 4.69) is 20.9 Å². The lowest BCUT2D eigenvalue weighted by molar-refractivity contribution is -0.120. The highest BCUT2D eigenvalue weighted by Crippen LogP contribution is 2.24. The van der Waals surface area contributed by atoms with Gasteiger partial charge in [-0.15, -0.1) is 24.0 Å². The van der Waals surface area contributed by atoms with Crippen molar-refractivity contribution in [3.8, 4) is 0 Å². The lowest BCUT2D eigenvalue weighted by Crippen LogP contribution is -2.41. The van der Waals surface area contributed by atoms with Gasteiger partial charge in [-0.1, -0.05) is 35.3 Å². The first kappa shape index (κ1) is 24.5. The number of aromatic nitrogens is 1. The summed E-state index contributed by atoms with van der Waals surface area (Å²) in [5, 5.41) is 10.0. The molecule has 1 aromatic carbocycles. The second kappa shape index (κ2) is 12.1. The van der Waals surface area contributed by atoms with Gasteiger partial charge < -0.3 is 20.5 Å². The minimum absolute atomic E-state index is 0. The van der Waals surface area contributed by atoms with Gasteiger partial charge in [-0.2, -0.15) is 0 Å². The zero-order valence-electron chi connectivity index (χ0n) is 15.6. The van der Waals surface area contributed by atoms with E-state index < -0.39 is 0 Å². The van der Waals surface area contributed by atoms with Crippen molar-refractivity contribution in [2.45, 2.75) is 13.0 Å². The SMILES string of the molecule is CN=C(NCCNC(=O)Cc1cccc(F)c1)NCc1cc(Cl)c(Cl)n1C.I. The van der Waals surface area contributed by atoms with Crippen LogP contribution in [0.3, 0.4) is 0 Å². The van der Waals surface area contributed by atoms with Crippen molar-refractivity contribution >= 4 is 59.0 Å². The first-order chi connectivity index (χ1) is 12.9. The van der Waals surface area contributed by atoms with Crippen molar-refractivity contribution < 1.29 is 9.18 Å². The van der Waals surface area contributed by atoms with Crippen LogP contribution in [0.5, 0.6) is 0 Å². The zero-order chi connectivity index (χ0) is 19.8. The van der Waals surface area contributed by atoms with Crippen LogP contribution in [0.1, 0.15) is 11.3 Å². The average molecular weight is 542 g/mol. The van der Waals surface area contributed by atoms with Crippen LogP contribution >= 0.6 is 47.2 Å². The maximum atomic E-state index is 13.1. The molecule has 10 heteroatoms. The Kier molecular flexibility index (Phi) is 10.6. The van der Waals surface area contributed by atoms with E-state index >= 15 is 0 Å². The smallest absolute Gasteiger partial charge is 0.224 e. The van der Waals surface area contributed by atoms with E-state index in [1.54, 1.807) is 29.8 Å². The van der Waals surface area contributed by atoms with E-state index in [9.17, 15) is 9.18 Å². The average Bonchev–Trinajstić information content (AvgIpc) is 2.88. The maximum absolute atomic E-state index is 13.1. The monoisotopic (exact) mass is 541 g/mol. The van der Waals surface area contributed by atoms with Crippen LogP contribution in [0, 0.1) is 5.82 Å². The minimum atomic E-state index is -0.349. The van der Waals surface area contributed by atoms with Gasteiger partial charge in [0.1, 0.15) is 11.0 Å². The Hall–Kier alpha value is -1.52. The Balaban J connectivity index is 0.00000392. The number of amides is 1. The molecule has 2 aromatic rings. The second-order valence-corrected chi connectivity index (χ2v) is 6.61. The molecule has 1 heterocycles. The summed E-state index contributed by atoms with van der Waals surface area (Å²) in [6.45, 7) is 1.40. The molecular formula is C18H23Cl2FIN5O. The summed E-state index contributed by atoms with van der Waals surface area (Å²) in [7, 11) is 3.48. The van der Waals surface area contributed by atoms with Gasteiger partial charge in [-0.05, 0) is 23.8 Å². The minimum Gasteiger partial charge on any atom is -0.355 e. The van der Waals surface area contributed by atoms with E-state index in [1.807, 2.05) is 7.05 Å². The molecule has 1 aromatic heterocycles. The summed E-state index contributed by atoms with van der Waals surface area (Å²) in [5.74, 6) is 0.0684. The Morgan fingerprint density at radius 2 is 1.89 bits per heavy atom. The molecule has 0 atom stereocenters. The van der Waals surface area contributed by atoms with E-state index in [0.717, 1.165) is 5.69 Å². The fraction of sp³-hybridized carbons (Fsp3) is 0.333. The number of guanidine groups is 1. The number of hydrogen-bond donors (Lipinski definition) is 3. The molecule has 0 radical (unpaired) electrons. The summed E-state index contributed by atoms with van der Waals surface area (Å²) in [6, 6.07) is 7.79. The Labute approximate surface area is 190 Å². The van der Waals surface area contributed by atoms with Crippen LogP contribution < -0.4 is 16.0 Å². The third-order valence-corrected chi connectivity index (χ3v) is 4.71. The fourth-order valence-corrected chi connectivity index (χ4v) is 2.85. The van der Waals surface area contributed by atoms with Crippen LogP contribution in [-0.2, 0) is 24.8 Å². The Morgan fingerprint density at radius 1 is 1.18 bits per heavy atom. The molecule has 0 bridgehead atoms.